The van der Waals surface area contributed by atoms with Crippen molar-refractivity contribution in [3.05, 3.63) is 42.5 Å². The molecule has 3 rings (SSSR count). The van der Waals surface area contributed by atoms with Gasteiger partial charge in [0.05, 0.1) is 24.8 Å². The second kappa shape index (κ2) is 8.71. The lowest BCUT2D eigenvalue weighted by molar-refractivity contribution is -0.122. The number of sulfonamides is 1. The number of carbonyl (C=O) groups is 1. The first kappa shape index (κ1) is 20.9. The summed E-state index contributed by atoms with van der Waals surface area (Å²) in [5.41, 5.74) is 0.251. The normalized spacial score (nSPS) is 14.7. The van der Waals surface area contributed by atoms with Gasteiger partial charge >= 0.3 is 0 Å². The molecule has 29 heavy (non-hydrogen) atoms. The molecule has 1 fully saturated rings. The minimum atomic E-state index is -3.66. The molecule has 2 aromatic rings. The van der Waals surface area contributed by atoms with Crippen LogP contribution < -0.4 is 24.2 Å². The quantitative estimate of drug-likeness (QED) is 0.646. The minimum absolute atomic E-state index is 0.0157. The molecule has 0 bridgehead atoms. The largest absolute Gasteiger partial charge is 0.497 e. The maximum Gasteiger partial charge on any atom is 0.265 e. The van der Waals surface area contributed by atoms with Crippen molar-refractivity contribution in [2.45, 2.75) is 36.8 Å². The Balaban J connectivity index is 1.72. The summed E-state index contributed by atoms with van der Waals surface area (Å²) in [7, 11) is -0.649. The van der Waals surface area contributed by atoms with Crippen molar-refractivity contribution in [1.82, 2.24) is 4.72 Å². The van der Waals surface area contributed by atoms with Crippen LogP contribution in [0.1, 0.15) is 19.8 Å². The number of hydrogen-bond donors (Lipinski definition) is 2. The molecule has 2 aromatic carbocycles. The number of rotatable bonds is 9. The molecule has 0 heterocycles. The van der Waals surface area contributed by atoms with Gasteiger partial charge in [0.2, 0.25) is 10.0 Å². The van der Waals surface area contributed by atoms with E-state index in [1.54, 1.807) is 38.3 Å². The molecule has 156 valence electrons. The first-order valence-corrected chi connectivity index (χ1v) is 10.6. The number of hydrogen-bond acceptors (Lipinski definition) is 6. The summed E-state index contributed by atoms with van der Waals surface area (Å²) < 4.78 is 43.5. The van der Waals surface area contributed by atoms with E-state index in [2.05, 4.69) is 10.0 Å². The van der Waals surface area contributed by atoms with Gasteiger partial charge in [-0.2, -0.15) is 0 Å². The summed E-state index contributed by atoms with van der Waals surface area (Å²) >= 11 is 0. The third kappa shape index (κ3) is 5.39. The number of nitrogens with one attached hydrogen (secondary N) is 2. The zero-order chi connectivity index (χ0) is 21.0. The Morgan fingerprint density at radius 1 is 1.03 bits per heavy atom. The van der Waals surface area contributed by atoms with Gasteiger partial charge in [0, 0.05) is 6.04 Å². The van der Waals surface area contributed by atoms with E-state index in [9.17, 15) is 13.2 Å². The van der Waals surface area contributed by atoms with E-state index in [0.717, 1.165) is 12.8 Å². The lowest BCUT2D eigenvalue weighted by Crippen LogP contribution is -2.30. The van der Waals surface area contributed by atoms with E-state index < -0.39 is 22.0 Å². The van der Waals surface area contributed by atoms with Gasteiger partial charge in [0.25, 0.3) is 5.91 Å². The van der Waals surface area contributed by atoms with Crippen molar-refractivity contribution in [2.24, 2.45) is 0 Å². The third-order valence-electron chi connectivity index (χ3n) is 4.38. The highest BCUT2D eigenvalue weighted by Crippen LogP contribution is 2.29. The van der Waals surface area contributed by atoms with Gasteiger partial charge < -0.3 is 19.5 Å². The van der Waals surface area contributed by atoms with Crippen LogP contribution in [0.25, 0.3) is 0 Å². The van der Waals surface area contributed by atoms with Crippen molar-refractivity contribution >= 4 is 21.6 Å². The van der Waals surface area contributed by atoms with E-state index in [4.69, 9.17) is 14.2 Å². The van der Waals surface area contributed by atoms with Crippen LogP contribution in [0.5, 0.6) is 17.2 Å². The fourth-order valence-electron chi connectivity index (χ4n) is 2.59. The van der Waals surface area contributed by atoms with Crippen LogP contribution in [0.15, 0.2) is 47.4 Å². The number of methoxy groups -OCH3 is 2. The van der Waals surface area contributed by atoms with E-state index in [1.165, 1.54) is 25.3 Å². The standard InChI is InChI=1S/C20H24N2O6S/c1-13(28-16-8-6-15(26-2)7-9-16)20(23)21-18-12-17(10-11-19(18)27-3)29(24,25)22-14-4-5-14/h6-14,22H,4-5H2,1-3H3,(H,21,23). The summed E-state index contributed by atoms with van der Waals surface area (Å²) in [6.07, 6.45) is 0.844. The summed E-state index contributed by atoms with van der Waals surface area (Å²) in [5, 5.41) is 2.68. The number of carbonyl (C=O) groups excluding carboxylic acids is 1. The highest BCUT2D eigenvalue weighted by Gasteiger charge is 2.28. The van der Waals surface area contributed by atoms with Gasteiger partial charge in [-0.05, 0) is 62.2 Å². The van der Waals surface area contributed by atoms with Gasteiger partial charge in [-0.3, -0.25) is 4.79 Å². The van der Waals surface area contributed by atoms with Gasteiger partial charge in [-0.1, -0.05) is 0 Å². The van der Waals surface area contributed by atoms with Gasteiger partial charge in [-0.15, -0.1) is 0 Å². The Kier molecular flexibility index (Phi) is 6.29. The third-order valence-corrected chi connectivity index (χ3v) is 5.90. The van der Waals surface area contributed by atoms with Crippen molar-refractivity contribution < 1.29 is 27.4 Å². The number of amides is 1. The fraction of sp³-hybridized carbons (Fsp3) is 0.350. The van der Waals surface area contributed by atoms with Crippen LogP contribution in [0.2, 0.25) is 0 Å². The maximum absolute atomic E-state index is 12.6. The second-order valence-electron chi connectivity index (χ2n) is 6.68. The Hall–Kier alpha value is -2.78. The summed E-state index contributed by atoms with van der Waals surface area (Å²) in [4.78, 5) is 12.6. The van der Waals surface area contributed by atoms with Crippen LogP contribution in [0.4, 0.5) is 5.69 Å². The Morgan fingerprint density at radius 3 is 2.28 bits per heavy atom. The zero-order valence-electron chi connectivity index (χ0n) is 16.5. The molecule has 1 amide bonds. The lowest BCUT2D eigenvalue weighted by atomic mass is 10.2. The molecule has 1 aliphatic rings. The summed E-state index contributed by atoms with van der Waals surface area (Å²) in [5.74, 6) is 1.09. The van der Waals surface area contributed by atoms with Crippen LogP contribution in [-0.2, 0) is 14.8 Å². The maximum atomic E-state index is 12.6. The first-order valence-electron chi connectivity index (χ1n) is 9.14. The van der Waals surface area contributed by atoms with Crippen molar-refractivity contribution in [1.29, 1.82) is 0 Å². The number of ether oxygens (including phenoxy) is 3. The highest BCUT2D eigenvalue weighted by molar-refractivity contribution is 7.89. The average Bonchev–Trinajstić information content (AvgIpc) is 3.51. The van der Waals surface area contributed by atoms with Crippen LogP contribution in [0.3, 0.4) is 0 Å². The molecule has 8 nitrogen and oxygen atoms in total. The smallest absolute Gasteiger partial charge is 0.265 e. The van der Waals surface area contributed by atoms with Crippen molar-refractivity contribution in [3.63, 3.8) is 0 Å². The van der Waals surface area contributed by atoms with Crippen LogP contribution in [-0.4, -0.2) is 40.7 Å². The Morgan fingerprint density at radius 2 is 1.69 bits per heavy atom. The van der Waals surface area contributed by atoms with Crippen molar-refractivity contribution in [2.75, 3.05) is 19.5 Å². The molecule has 0 saturated heterocycles. The highest BCUT2D eigenvalue weighted by atomic mass is 32.2. The molecule has 0 aromatic heterocycles. The van der Waals surface area contributed by atoms with Crippen LogP contribution >= 0.6 is 0 Å². The molecule has 0 spiro atoms. The Labute approximate surface area is 170 Å². The molecule has 1 atom stereocenters. The first-order chi connectivity index (χ1) is 13.8. The van der Waals surface area contributed by atoms with Crippen LogP contribution in [0, 0.1) is 0 Å². The van der Waals surface area contributed by atoms with Gasteiger partial charge in [0.1, 0.15) is 17.2 Å². The number of anilines is 1. The molecule has 9 heteroatoms. The zero-order valence-corrected chi connectivity index (χ0v) is 17.3. The van der Waals surface area contributed by atoms with E-state index in [0.29, 0.717) is 17.2 Å². The molecular weight excluding hydrogens is 396 g/mol. The SMILES string of the molecule is COc1ccc(OC(C)C(=O)Nc2cc(S(=O)(=O)NC3CC3)ccc2OC)cc1. The monoisotopic (exact) mass is 420 g/mol. The van der Waals surface area contributed by atoms with E-state index >= 15 is 0 Å². The predicted octanol–water partition coefficient (Wildman–Crippen LogP) is 2.55. The minimum Gasteiger partial charge on any atom is -0.497 e. The molecule has 0 aliphatic heterocycles. The topological polar surface area (TPSA) is 103 Å². The summed E-state index contributed by atoms with van der Waals surface area (Å²) in [6, 6.07) is 11.1. The second-order valence-corrected chi connectivity index (χ2v) is 8.40. The molecule has 0 radical (unpaired) electrons. The average molecular weight is 420 g/mol. The molecule has 2 N–H and O–H groups in total. The lowest BCUT2D eigenvalue weighted by Gasteiger charge is -2.17. The molecule has 1 aliphatic carbocycles. The van der Waals surface area contributed by atoms with Gasteiger partial charge in [0.15, 0.2) is 6.10 Å². The van der Waals surface area contributed by atoms with E-state index in [-0.39, 0.29) is 16.6 Å². The van der Waals surface area contributed by atoms with E-state index in [1.807, 2.05) is 0 Å². The molecule has 1 saturated carbocycles. The Bertz CT molecular complexity index is 971. The predicted molar refractivity (Wildman–Crippen MR) is 108 cm³/mol. The molecular formula is C20H24N2O6S. The molecule has 1 unspecified atom stereocenters. The van der Waals surface area contributed by atoms with Gasteiger partial charge in [-0.25, -0.2) is 13.1 Å². The fourth-order valence-corrected chi connectivity index (χ4v) is 3.92. The van der Waals surface area contributed by atoms with Crippen molar-refractivity contribution in [3.8, 4) is 17.2 Å². The summed E-state index contributed by atoms with van der Waals surface area (Å²) in [6.45, 7) is 1.60. The number of benzene rings is 2.